The molecule has 3 rings (SSSR count). The Morgan fingerprint density at radius 1 is 1.05 bits per heavy atom. The second-order valence-corrected chi connectivity index (χ2v) is 4.58. The summed E-state index contributed by atoms with van der Waals surface area (Å²) in [5, 5.41) is 0.803. The molecule has 1 aliphatic carbocycles. The Morgan fingerprint density at radius 3 is 2.68 bits per heavy atom. The van der Waals surface area contributed by atoms with Crippen molar-refractivity contribution in [2.75, 3.05) is 11.5 Å². The molecule has 0 amide bonds. The van der Waals surface area contributed by atoms with Gasteiger partial charge in [-0.1, -0.05) is 18.2 Å². The van der Waals surface area contributed by atoms with E-state index in [2.05, 4.69) is 16.0 Å². The van der Waals surface area contributed by atoms with Gasteiger partial charge in [-0.15, -0.1) is 0 Å². The van der Waals surface area contributed by atoms with E-state index in [1.807, 2.05) is 24.3 Å². The summed E-state index contributed by atoms with van der Waals surface area (Å²) in [4.78, 5) is 8.17. The molecule has 6 N–H and O–H groups in total. The number of nitrogen functional groups attached to an aromatic ring is 2. The largest absolute Gasteiger partial charge is 0.402 e. The summed E-state index contributed by atoms with van der Waals surface area (Å²) in [6.07, 6.45) is 6.05. The maximum atomic E-state index is 6.06. The van der Waals surface area contributed by atoms with Crippen molar-refractivity contribution in [1.29, 1.82) is 0 Å². The van der Waals surface area contributed by atoms with Gasteiger partial charge < -0.3 is 17.2 Å². The van der Waals surface area contributed by atoms with Crippen LogP contribution in [0.1, 0.15) is 18.4 Å². The van der Waals surface area contributed by atoms with Crippen LogP contribution in [0, 0.1) is 0 Å². The molecular weight excluding hydrogens is 238 g/mol. The number of anilines is 2. The summed E-state index contributed by atoms with van der Waals surface area (Å²) in [5.41, 5.74) is 21.2. The minimum atomic E-state index is 0.184. The number of aromatic nitrogens is 2. The first kappa shape index (κ1) is 11.5. The molecule has 19 heavy (non-hydrogen) atoms. The highest BCUT2D eigenvalue weighted by molar-refractivity contribution is 5.92. The summed E-state index contributed by atoms with van der Waals surface area (Å²) in [6.45, 7) is 0. The highest BCUT2D eigenvalue weighted by atomic mass is 15.0. The van der Waals surface area contributed by atoms with Crippen LogP contribution >= 0.6 is 0 Å². The monoisotopic (exact) mass is 253 g/mol. The Morgan fingerprint density at radius 2 is 1.89 bits per heavy atom. The molecule has 0 aliphatic heterocycles. The van der Waals surface area contributed by atoms with Gasteiger partial charge in [0.1, 0.15) is 5.82 Å². The SMILES string of the molecule is NC1=C(c2ccc3c(N)nc(N)nc3c2)C=CCC1. The highest BCUT2D eigenvalue weighted by Crippen LogP contribution is 2.28. The molecule has 0 atom stereocenters. The lowest BCUT2D eigenvalue weighted by molar-refractivity contribution is 0.950. The van der Waals surface area contributed by atoms with Crippen LogP contribution in [0.5, 0.6) is 0 Å². The van der Waals surface area contributed by atoms with Crippen LogP contribution < -0.4 is 17.2 Å². The maximum Gasteiger partial charge on any atom is 0.222 e. The van der Waals surface area contributed by atoms with Gasteiger partial charge in [-0.2, -0.15) is 4.98 Å². The molecule has 0 unspecified atom stereocenters. The first-order valence-electron chi connectivity index (χ1n) is 6.13. The van der Waals surface area contributed by atoms with Crippen molar-refractivity contribution in [2.24, 2.45) is 5.73 Å². The Bertz CT molecular complexity index is 715. The van der Waals surface area contributed by atoms with Gasteiger partial charge in [-0.25, -0.2) is 4.98 Å². The average molecular weight is 253 g/mol. The van der Waals surface area contributed by atoms with Gasteiger partial charge in [0.2, 0.25) is 5.95 Å². The smallest absolute Gasteiger partial charge is 0.222 e. The van der Waals surface area contributed by atoms with Gasteiger partial charge >= 0.3 is 0 Å². The predicted molar refractivity (Wildman–Crippen MR) is 77.8 cm³/mol. The van der Waals surface area contributed by atoms with Gasteiger partial charge in [0, 0.05) is 16.7 Å². The van der Waals surface area contributed by atoms with Crippen molar-refractivity contribution in [1.82, 2.24) is 9.97 Å². The van der Waals surface area contributed by atoms with Gasteiger partial charge in [-0.3, -0.25) is 0 Å². The van der Waals surface area contributed by atoms with Crippen molar-refractivity contribution < 1.29 is 0 Å². The molecule has 5 nitrogen and oxygen atoms in total. The van der Waals surface area contributed by atoms with Crippen LogP contribution in [-0.2, 0) is 0 Å². The molecule has 0 spiro atoms. The van der Waals surface area contributed by atoms with Crippen LogP contribution in [0.3, 0.4) is 0 Å². The molecular formula is C14H15N5. The van der Waals surface area contributed by atoms with Crippen molar-refractivity contribution in [2.45, 2.75) is 12.8 Å². The quantitative estimate of drug-likeness (QED) is 0.719. The van der Waals surface area contributed by atoms with Gasteiger partial charge in [0.15, 0.2) is 0 Å². The van der Waals surface area contributed by atoms with Gasteiger partial charge in [0.25, 0.3) is 0 Å². The molecule has 0 fully saturated rings. The van der Waals surface area contributed by atoms with E-state index in [-0.39, 0.29) is 5.95 Å². The number of rotatable bonds is 1. The lowest BCUT2D eigenvalue weighted by Gasteiger charge is -2.13. The third-order valence-corrected chi connectivity index (χ3v) is 3.27. The molecule has 0 radical (unpaired) electrons. The van der Waals surface area contributed by atoms with Crippen LogP contribution in [-0.4, -0.2) is 9.97 Å². The van der Waals surface area contributed by atoms with Crippen molar-refractivity contribution in [3.05, 3.63) is 41.6 Å². The van der Waals surface area contributed by atoms with E-state index in [1.165, 1.54) is 0 Å². The third-order valence-electron chi connectivity index (χ3n) is 3.27. The highest BCUT2D eigenvalue weighted by Gasteiger charge is 2.10. The van der Waals surface area contributed by atoms with Gasteiger partial charge in [0.05, 0.1) is 5.52 Å². The summed E-state index contributed by atoms with van der Waals surface area (Å²) in [7, 11) is 0. The van der Waals surface area contributed by atoms with Gasteiger partial charge in [-0.05, 0) is 30.5 Å². The van der Waals surface area contributed by atoms with E-state index in [9.17, 15) is 0 Å². The second-order valence-electron chi connectivity index (χ2n) is 4.58. The number of hydrogen-bond acceptors (Lipinski definition) is 5. The normalized spacial score (nSPS) is 15.2. The van der Waals surface area contributed by atoms with Crippen molar-refractivity contribution in [3.8, 4) is 0 Å². The van der Waals surface area contributed by atoms with E-state index in [4.69, 9.17) is 17.2 Å². The zero-order valence-electron chi connectivity index (χ0n) is 10.4. The first-order valence-corrected chi connectivity index (χ1v) is 6.13. The Hall–Kier alpha value is -2.56. The Kier molecular flexibility index (Phi) is 2.59. The molecule has 0 bridgehead atoms. The first-order chi connectivity index (χ1) is 9.15. The molecule has 1 aromatic heterocycles. The number of hydrogen-bond donors (Lipinski definition) is 3. The fourth-order valence-corrected chi connectivity index (χ4v) is 2.30. The molecule has 0 saturated carbocycles. The summed E-state index contributed by atoms with van der Waals surface area (Å²) < 4.78 is 0. The zero-order valence-corrected chi connectivity index (χ0v) is 10.4. The van der Waals surface area contributed by atoms with Crippen LogP contribution in [0.15, 0.2) is 36.0 Å². The number of allylic oxidation sites excluding steroid dienone is 4. The van der Waals surface area contributed by atoms with E-state index >= 15 is 0 Å². The van der Waals surface area contributed by atoms with Crippen molar-refractivity contribution >= 4 is 28.2 Å². The lowest BCUT2D eigenvalue weighted by atomic mass is 9.96. The minimum absolute atomic E-state index is 0.184. The molecule has 2 aromatic rings. The number of nitrogens with zero attached hydrogens (tertiary/aromatic N) is 2. The van der Waals surface area contributed by atoms with Crippen molar-refractivity contribution in [3.63, 3.8) is 0 Å². The molecule has 0 saturated heterocycles. The third kappa shape index (κ3) is 1.99. The summed E-state index contributed by atoms with van der Waals surface area (Å²) >= 11 is 0. The summed E-state index contributed by atoms with van der Waals surface area (Å²) in [6, 6.07) is 5.83. The minimum Gasteiger partial charge on any atom is -0.402 e. The van der Waals surface area contributed by atoms with E-state index in [1.54, 1.807) is 0 Å². The standard InChI is InChI=1S/C14H15N5/c15-11-4-2-1-3-9(11)8-5-6-10-12(7-8)18-14(17)19-13(10)16/h1,3,5-7H,2,4,15H2,(H4,16,17,18,19). The number of benzene rings is 1. The molecule has 1 aliphatic rings. The topological polar surface area (TPSA) is 104 Å². The number of fused-ring (bicyclic) bond motifs is 1. The predicted octanol–water partition coefficient (Wildman–Crippen LogP) is 1.81. The van der Waals surface area contributed by atoms with Crippen LogP contribution in [0.2, 0.25) is 0 Å². The average Bonchev–Trinajstić information content (AvgIpc) is 2.38. The fraction of sp³-hybridized carbons (Fsp3) is 0.143. The fourth-order valence-electron chi connectivity index (χ4n) is 2.30. The maximum absolute atomic E-state index is 6.06. The van der Waals surface area contributed by atoms with E-state index in [0.29, 0.717) is 5.82 Å². The lowest BCUT2D eigenvalue weighted by Crippen LogP contribution is -2.04. The second kappa shape index (κ2) is 4.28. The zero-order chi connectivity index (χ0) is 13.4. The van der Waals surface area contributed by atoms with E-state index < -0.39 is 0 Å². The van der Waals surface area contributed by atoms with E-state index in [0.717, 1.165) is 40.6 Å². The number of nitrogens with two attached hydrogens (primary N) is 3. The molecule has 96 valence electrons. The summed E-state index contributed by atoms with van der Waals surface area (Å²) in [5.74, 6) is 0.582. The Balaban J connectivity index is 2.19. The molecule has 1 heterocycles. The molecule has 1 aromatic carbocycles. The molecule has 5 heteroatoms. The van der Waals surface area contributed by atoms with Crippen LogP contribution in [0.25, 0.3) is 16.5 Å². The Labute approximate surface area is 110 Å². The van der Waals surface area contributed by atoms with Crippen LogP contribution in [0.4, 0.5) is 11.8 Å².